The third kappa shape index (κ3) is 3.47. The van der Waals surface area contributed by atoms with E-state index in [2.05, 4.69) is 15.1 Å². The molecule has 156 valence electrons. The highest BCUT2D eigenvalue weighted by Gasteiger charge is 2.19. The molecule has 0 bridgehead atoms. The van der Waals surface area contributed by atoms with Crippen LogP contribution in [0.15, 0.2) is 85.2 Å². The van der Waals surface area contributed by atoms with Crippen molar-refractivity contribution in [2.24, 2.45) is 0 Å². The van der Waals surface area contributed by atoms with Gasteiger partial charge in [0.15, 0.2) is 5.65 Å². The number of benzene rings is 3. The Morgan fingerprint density at radius 3 is 2.41 bits per heavy atom. The summed E-state index contributed by atoms with van der Waals surface area (Å²) in [5, 5.41) is 16.5. The zero-order valence-electron chi connectivity index (χ0n) is 16.6. The van der Waals surface area contributed by atoms with E-state index in [9.17, 15) is 10.1 Å². The summed E-state index contributed by atoms with van der Waals surface area (Å²) >= 11 is 0. The molecule has 2 aromatic heterocycles. The summed E-state index contributed by atoms with van der Waals surface area (Å²) < 4.78 is 7.38. The van der Waals surface area contributed by atoms with Crippen LogP contribution < -0.4 is 10.5 Å². The van der Waals surface area contributed by atoms with Gasteiger partial charge in [-0.15, -0.1) is 0 Å². The molecule has 2 N–H and O–H groups in total. The van der Waals surface area contributed by atoms with Crippen molar-refractivity contribution in [3.63, 3.8) is 0 Å². The summed E-state index contributed by atoms with van der Waals surface area (Å²) in [6, 6.07) is 23.1. The molecule has 2 heterocycles. The van der Waals surface area contributed by atoms with Crippen LogP contribution in [0.4, 0.5) is 11.5 Å². The van der Waals surface area contributed by atoms with E-state index in [4.69, 9.17) is 10.5 Å². The number of rotatable bonds is 5. The second kappa shape index (κ2) is 7.80. The molecule has 5 rings (SSSR count). The van der Waals surface area contributed by atoms with Gasteiger partial charge in [-0.1, -0.05) is 24.3 Å². The molecule has 0 atom stereocenters. The van der Waals surface area contributed by atoms with E-state index in [1.807, 2.05) is 54.6 Å². The van der Waals surface area contributed by atoms with Crippen molar-refractivity contribution >= 4 is 22.5 Å². The Balaban J connectivity index is 1.59. The Labute approximate surface area is 181 Å². The van der Waals surface area contributed by atoms with E-state index in [1.54, 1.807) is 12.1 Å². The number of nitrogens with zero attached hydrogens (tertiary/aromatic N) is 5. The van der Waals surface area contributed by atoms with Crippen LogP contribution in [0.5, 0.6) is 11.5 Å². The van der Waals surface area contributed by atoms with Gasteiger partial charge in [0.25, 0.3) is 5.69 Å². The van der Waals surface area contributed by atoms with E-state index >= 15 is 0 Å². The third-order valence-electron chi connectivity index (χ3n) is 4.89. The lowest BCUT2D eigenvalue weighted by Gasteiger charge is -2.06. The number of nitrogen functional groups attached to an aromatic ring is 1. The Bertz CT molecular complexity index is 1430. The lowest BCUT2D eigenvalue weighted by atomic mass is 10.1. The lowest BCUT2D eigenvalue weighted by molar-refractivity contribution is -0.384. The Kier molecular flexibility index (Phi) is 4.68. The van der Waals surface area contributed by atoms with Crippen LogP contribution in [-0.4, -0.2) is 24.7 Å². The quantitative estimate of drug-likeness (QED) is 0.319. The maximum Gasteiger partial charge on any atom is 0.271 e. The molecule has 0 radical (unpaired) electrons. The molecule has 9 heteroatoms. The van der Waals surface area contributed by atoms with E-state index < -0.39 is 4.92 Å². The predicted octanol–water partition coefficient (Wildman–Crippen LogP) is 4.77. The van der Waals surface area contributed by atoms with Crippen molar-refractivity contribution in [1.29, 1.82) is 0 Å². The molecule has 0 saturated carbocycles. The molecular weight excluding hydrogens is 408 g/mol. The molecule has 0 aliphatic rings. The van der Waals surface area contributed by atoms with Gasteiger partial charge in [0, 0.05) is 17.7 Å². The standard InChI is InChI=1S/C23H16N6O3/c24-22-20-21(15-9-11-19(12-10-15)32-18-7-2-1-3-8-18)27-28(23(20)26-14-25-22)16-5-4-6-17(13-16)29(30)31/h1-14H,(H2,24,25,26). The van der Waals surface area contributed by atoms with Crippen LogP contribution >= 0.6 is 0 Å². The smallest absolute Gasteiger partial charge is 0.271 e. The van der Waals surface area contributed by atoms with E-state index in [0.29, 0.717) is 28.2 Å². The van der Waals surface area contributed by atoms with Gasteiger partial charge in [0.2, 0.25) is 0 Å². The van der Waals surface area contributed by atoms with Crippen molar-refractivity contribution in [1.82, 2.24) is 19.7 Å². The van der Waals surface area contributed by atoms with Crippen LogP contribution in [-0.2, 0) is 0 Å². The average molecular weight is 424 g/mol. The lowest BCUT2D eigenvalue weighted by Crippen LogP contribution is -2.00. The summed E-state index contributed by atoms with van der Waals surface area (Å²) in [5.41, 5.74) is 8.41. The first kappa shape index (κ1) is 19.2. The van der Waals surface area contributed by atoms with Gasteiger partial charge < -0.3 is 10.5 Å². The van der Waals surface area contributed by atoms with E-state index in [1.165, 1.54) is 23.1 Å². The molecule has 9 nitrogen and oxygen atoms in total. The third-order valence-corrected chi connectivity index (χ3v) is 4.89. The molecule has 0 unspecified atom stereocenters. The van der Waals surface area contributed by atoms with Crippen molar-refractivity contribution in [3.8, 4) is 28.4 Å². The van der Waals surface area contributed by atoms with Gasteiger partial charge in [-0.2, -0.15) is 5.10 Å². The number of non-ortho nitro benzene ring substituents is 1. The Morgan fingerprint density at radius 1 is 0.906 bits per heavy atom. The van der Waals surface area contributed by atoms with Gasteiger partial charge in [0.1, 0.15) is 29.3 Å². The van der Waals surface area contributed by atoms with E-state index in [0.717, 1.165) is 11.3 Å². The van der Waals surface area contributed by atoms with Crippen molar-refractivity contribution in [2.45, 2.75) is 0 Å². The SMILES string of the molecule is Nc1ncnc2c1c(-c1ccc(Oc3ccccc3)cc1)nn2-c1cccc([N+](=O)[O-])c1. The first-order valence-corrected chi connectivity index (χ1v) is 9.67. The zero-order valence-corrected chi connectivity index (χ0v) is 16.6. The number of hydrogen-bond donors (Lipinski definition) is 1. The number of para-hydroxylation sites is 1. The van der Waals surface area contributed by atoms with Crippen LogP contribution in [0, 0.1) is 10.1 Å². The highest BCUT2D eigenvalue weighted by atomic mass is 16.6. The number of ether oxygens (including phenoxy) is 1. The number of nitrogens with two attached hydrogens (primary N) is 1. The Hall–Kier alpha value is -4.79. The maximum atomic E-state index is 11.2. The number of nitro groups is 1. The fourth-order valence-electron chi connectivity index (χ4n) is 3.40. The summed E-state index contributed by atoms with van der Waals surface area (Å²) in [6.45, 7) is 0. The highest BCUT2D eigenvalue weighted by molar-refractivity contribution is 5.99. The molecule has 0 saturated heterocycles. The molecule has 5 aromatic rings. The number of anilines is 1. The minimum Gasteiger partial charge on any atom is -0.457 e. The first-order chi connectivity index (χ1) is 15.6. The molecule has 3 aromatic carbocycles. The van der Waals surface area contributed by atoms with Gasteiger partial charge in [-0.25, -0.2) is 14.6 Å². The molecule has 0 aliphatic heterocycles. The fourth-order valence-corrected chi connectivity index (χ4v) is 3.40. The molecule has 0 fully saturated rings. The van der Waals surface area contributed by atoms with Crippen LogP contribution in [0.25, 0.3) is 28.0 Å². The molecule has 32 heavy (non-hydrogen) atoms. The largest absolute Gasteiger partial charge is 0.457 e. The minimum absolute atomic E-state index is 0.0443. The van der Waals surface area contributed by atoms with Gasteiger partial charge in [-0.3, -0.25) is 10.1 Å². The summed E-state index contributed by atoms with van der Waals surface area (Å²) in [5.74, 6) is 1.68. The monoisotopic (exact) mass is 424 g/mol. The first-order valence-electron chi connectivity index (χ1n) is 9.67. The molecular formula is C23H16N6O3. The van der Waals surface area contributed by atoms with Crippen LogP contribution in [0.3, 0.4) is 0 Å². The average Bonchev–Trinajstić information content (AvgIpc) is 3.21. The molecule has 0 spiro atoms. The van der Waals surface area contributed by atoms with Crippen molar-refractivity contribution < 1.29 is 9.66 Å². The fraction of sp³-hybridized carbons (Fsp3) is 0. The maximum absolute atomic E-state index is 11.2. The molecule has 0 amide bonds. The number of aromatic nitrogens is 4. The van der Waals surface area contributed by atoms with Crippen molar-refractivity contribution in [2.75, 3.05) is 5.73 Å². The van der Waals surface area contributed by atoms with Gasteiger partial charge >= 0.3 is 0 Å². The van der Waals surface area contributed by atoms with Crippen LogP contribution in [0.1, 0.15) is 0 Å². The van der Waals surface area contributed by atoms with Gasteiger partial charge in [0.05, 0.1) is 16.0 Å². The number of fused-ring (bicyclic) bond motifs is 1. The second-order valence-corrected chi connectivity index (χ2v) is 6.93. The second-order valence-electron chi connectivity index (χ2n) is 6.93. The Morgan fingerprint density at radius 2 is 1.66 bits per heavy atom. The van der Waals surface area contributed by atoms with Gasteiger partial charge in [-0.05, 0) is 42.5 Å². The van der Waals surface area contributed by atoms with E-state index in [-0.39, 0.29) is 11.5 Å². The number of nitro benzene ring substituents is 1. The molecule has 0 aliphatic carbocycles. The van der Waals surface area contributed by atoms with Crippen molar-refractivity contribution in [3.05, 3.63) is 95.3 Å². The minimum atomic E-state index is -0.453. The predicted molar refractivity (Wildman–Crippen MR) is 120 cm³/mol. The summed E-state index contributed by atoms with van der Waals surface area (Å²) in [7, 11) is 0. The zero-order chi connectivity index (χ0) is 22.1. The highest BCUT2D eigenvalue weighted by Crippen LogP contribution is 2.33. The normalized spacial score (nSPS) is 10.9. The summed E-state index contributed by atoms with van der Waals surface area (Å²) in [4.78, 5) is 19.2. The number of hydrogen-bond acceptors (Lipinski definition) is 7. The van der Waals surface area contributed by atoms with Crippen LogP contribution in [0.2, 0.25) is 0 Å². The topological polar surface area (TPSA) is 122 Å². The summed E-state index contributed by atoms with van der Waals surface area (Å²) in [6.07, 6.45) is 1.34.